The van der Waals surface area contributed by atoms with Crippen molar-refractivity contribution in [3.63, 3.8) is 0 Å². The average Bonchev–Trinajstić information content (AvgIpc) is 2.30. The van der Waals surface area contributed by atoms with Gasteiger partial charge in [0.25, 0.3) is 0 Å². The fraction of sp³-hybridized carbons (Fsp3) is 0.462. The van der Waals surface area contributed by atoms with Gasteiger partial charge in [-0.15, -0.1) is 0 Å². The van der Waals surface area contributed by atoms with Gasteiger partial charge in [-0.25, -0.2) is 0 Å². The van der Waals surface area contributed by atoms with Crippen molar-refractivity contribution < 1.29 is 14.3 Å². The van der Waals surface area contributed by atoms with Gasteiger partial charge in [0.1, 0.15) is 0 Å². The van der Waals surface area contributed by atoms with E-state index in [9.17, 15) is 4.79 Å². The highest BCUT2D eigenvalue weighted by atomic mass is 35.5. The zero-order valence-electron chi connectivity index (χ0n) is 10.8. The van der Waals surface area contributed by atoms with E-state index in [0.717, 1.165) is 5.56 Å². The summed E-state index contributed by atoms with van der Waals surface area (Å²) in [5, 5.41) is 3.44. The van der Waals surface area contributed by atoms with Gasteiger partial charge in [0.05, 0.1) is 12.5 Å². The Morgan fingerprint density at radius 3 is 2.61 bits per heavy atom. The van der Waals surface area contributed by atoms with Crippen LogP contribution in [0.25, 0.3) is 0 Å². The van der Waals surface area contributed by atoms with Gasteiger partial charge in [-0.1, -0.05) is 23.7 Å². The number of carbonyl (C=O) groups excluding carboxylic acids is 1. The molecule has 1 unspecified atom stereocenters. The molecule has 0 aromatic heterocycles. The molecule has 1 atom stereocenters. The van der Waals surface area contributed by atoms with Gasteiger partial charge in [0.15, 0.2) is 6.29 Å². The van der Waals surface area contributed by atoms with Gasteiger partial charge < -0.3 is 14.8 Å². The van der Waals surface area contributed by atoms with Crippen LogP contribution in [0.3, 0.4) is 0 Å². The average molecular weight is 272 g/mol. The van der Waals surface area contributed by atoms with Crippen molar-refractivity contribution >= 4 is 17.5 Å². The van der Waals surface area contributed by atoms with Crippen LogP contribution in [0, 0.1) is 0 Å². The normalized spacial score (nSPS) is 12.5. The molecule has 1 aromatic carbocycles. The van der Waals surface area contributed by atoms with Gasteiger partial charge >= 0.3 is 0 Å². The van der Waals surface area contributed by atoms with Crippen molar-refractivity contribution in [1.29, 1.82) is 0 Å². The van der Waals surface area contributed by atoms with E-state index in [-0.39, 0.29) is 18.4 Å². The molecule has 4 nitrogen and oxygen atoms in total. The fourth-order valence-corrected chi connectivity index (χ4v) is 1.92. The molecule has 0 fully saturated rings. The van der Waals surface area contributed by atoms with Gasteiger partial charge in [-0.2, -0.15) is 0 Å². The van der Waals surface area contributed by atoms with Crippen molar-refractivity contribution in [1.82, 2.24) is 5.32 Å². The number of ether oxygens (including phenoxy) is 2. The molecule has 0 spiro atoms. The summed E-state index contributed by atoms with van der Waals surface area (Å²) in [6.07, 6.45) is -0.168. The molecule has 100 valence electrons. The summed E-state index contributed by atoms with van der Waals surface area (Å²) in [4.78, 5) is 11.8. The number of halogens is 1. The molecular weight excluding hydrogens is 254 g/mol. The van der Waals surface area contributed by atoms with Crippen molar-refractivity contribution in [3.05, 3.63) is 34.9 Å². The molecule has 5 heteroatoms. The second-order valence-electron chi connectivity index (χ2n) is 4.00. The van der Waals surface area contributed by atoms with Crippen LogP contribution >= 0.6 is 11.6 Å². The van der Waals surface area contributed by atoms with Gasteiger partial charge in [-0.05, 0) is 24.6 Å². The largest absolute Gasteiger partial charge is 0.354 e. The summed E-state index contributed by atoms with van der Waals surface area (Å²) >= 11 is 5.86. The van der Waals surface area contributed by atoms with Crippen molar-refractivity contribution in [2.75, 3.05) is 14.2 Å². The van der Waals surface area contributed by atoms with E-state index >= 15 is 0 Å². The van der Waals surface area contributed by atoms with E-state index in [1.165, 1.54) is 14.2 Å². The van der Waals surface area contributed by atoms with E-state index in [1.807, 2.05) is 19.1 Å². The standard InChI is InChI=1S/C13H18ClNO3/c1-9(13(17-2)18-3)15-12(16)8-10-5-4-6-11(14)7-10/h4-7,9,13H,8H2,1-3H3,(H,15,16). The molecule has 0 aliphatic heterocycles. The first kappa shape index (κ1) is 15.0. The van der Waals surface area contributed by atoms with Crippen LogP contribution in [0.4, 0.5) is 0 Å². The minimum absolute atomic E-state index is 0.0936. The first-order chi connectivity index (χ1) is 8.56. The Morgan fingerprint density at radius 2 is 2.06 bits per heavy atom. The Morgan fingerprint density at radius 1 is 1.39 bits per heavy atom. The summed E-state index contributed by atoms with van der Waals surface area (Å²) in [6, 6.07) is 7.02. The Balaban J connectivity index is 2.51. The molecule has 1 amide bonds. The number of amides is 1. The van der Waals surface area contributed by atoms with Crippen molar-refractivity contribution in [2.45, 2.75) is 25.7 Å². The monoisotopic (exact) mass is 271 g/mol. The van der Waals surface area contributed by atoms with Gasteiger partial charge in [-0.3, -0.25) is 4.79 Å². The predicted molar refractivity (Wildman–Crippen MR) is 70.6 cm³/mol. The van der Waals surface area contributed by atoms with Crippen LogP contribution in [0.15, 0.2) is 24.3 Å². The van der Waals surface area contributed by atoms with E-state index in [0.29, 0.717) is 5.02 Å². The summed E-state index contributed by atoms with van der Waals surface area (Å²) in [7, 11) is 3.07. The molecule has 0 saturated heterocycles. The molecule has 0 aliphatic carbocycles. The first-order valence-electron chi connectivity index (χ1n) is 5.66. The second kappa shape index (κ2) is 7.36. The second-order valence-corrected chi connectivity index (χ2v) is 4.44. The third-order valence-electron chi connectivity index (χ3n) is 2.52. The van der Waals surface area contributed by atoms with Crippen LogP contribution in [-0.4, -0.2) is 32.5 Å². The molecule has 0 saturated carbocycles. The van der Waals surface area contributed by atoms with Gasteiger partial charge in [0, 0.05) is 19.2 Å². The Labute approximate surface area is 112 Å². The SMILES string of the molecule is COC(OC)C(C)NC(=O)Cc1cccc(Cl)c1. The maximum atomic E-state index is 11.8. The highest BCUT2D eigenvalue weighted by Crippen LogP contribution is 2.11. The highest BCUT2D eigenvalue weighted by molar-refractivity contribution is 6.30. The lowest BCUT2D eigenvalue weighted by atomic mass is 10.1. The number of carbonyl (C=O) groups is 1. The fourth-order valence-electron chi connectivity index (χ4n) is 1.71. The molecule has 0 aliphatic rings. The molecule has 1 rings (SSSR count). The molecule has 1 aromatic rings. The lowest BCUT2D eigenvalue weighted by Crippen LogP contribution is -2.43. The lowest BCUT2D eigenvalue weighted by molar-refractivity contribution is -0.135. The van der Waals surface area contributed by atoms with Crippen molar-refractivity contribution in [3.8, 4) is 0 Å². The topological polar surface area (TPSA) is 47.6 Å². The van der Waals surface area contributed by atoms with E-state index in [4.69, 9.17) is 21.1 Å². The lowest BCUT2D eigenvalue weighted by Gasteiger charge is -2.22. The summed E-state index contributed by atoms with van der Waals surface area (Å²) in [6.45, 7) is 1.83. The number of benzene rings is 1. The summed E-state index contributed by atoms with van der Waals surface area (Å²) < 4.78 is 10.1. The Hall–Kier alpha value is -1.10. The number of rotatable bonds is 6. The zero-order valence-corrected chi connectivity index (χ0v) is 11.5. The molecule has 0 bridgehead atoms. The van der Waals surface area contributed by atoms with Crippen LogP contribution in [0.5, 0.6) is 0 Å². The van der Waals surface area contributed by atoms with E-state index in [1.54, 1.807) is 12.1 Å². The maximum Gasteiger partial charge on any atom is 0.224 e. The smallest absolute Gasteiger partial charge is 0.224 e. The van der Waals surface area contributed by atoms with E-state index < -0.39 is 6.29 Å². The van der Waals surface area contributed by atoms with Gasteiger partial charge in [0.2, 0.25) is 5.91 Å². The maximum absolute atomic E-state index is 11.8. The Bertz CT molecular complexity index is 394. The summed E-state index contributed by atoms with van der Waals surface area (Å²) in [5.41, 5.74) is 0.874. The van der Waals surface area contributed by atoms with E-state index in [2.05, 4.69) is 5.32 Å². The third-order valence-corrected chi connectivity index (χ3v) is 2.75. The number of nitrogens with one attached hydrogen (secondary N) is 1. The minimum Gasteiger partial charge on any atom is -0.354 e. The number of methoxy groups -OCH3 is 2. The van der Waals surface area contributed by atoms with Crippen molar-refractivity contribution in [2.24, 2.45) is 0 Å². The molecular formula is C13H18ClNO3. The molecule has 0 heterocycles. The predicted octanol–water partition coefficient (Wildman–Crippen LogP) is 2.01. The quantitative estimate of drug-likeness (QED) is 0.805. The van der Waals surface area contributed by atoms with Crippen LogP contribution in [-0.2, 0) is 20.7 Å². The minimum atomic E-state index is -0.451. The van der Waals surface area contributed by atoms with Crippen LogP contribution in [0.2, 0.25) is 5.02 Å². The Kier molecular flexibility index (Phi) is 6.12. The van der Waals surface area contributed by atoms with Crippen LogP contribution in [0.1, 0.15) is 12.5 Å². The molecule has 18 heavy (non-hydrogen) atoms. The zero-order chi connectivity index (χ0) is 13.5. The molecule has 1 N–H and O–H groups in total. The number of hydrogen-bond acceptors (Lipinski definition) is 3. The highest BCUT2D eigenvalue weighted by Gasteiger charge is 2.17. The van der Waals surface area contributed by atoms with Crippen LogP contribution < -0.4 is 5.32 Å². The summed E-state index contributed by atoms with van der Waals surface area (Å²) in [5.74, 6) is -0.0936. The number of hydrogen-bond donors (Lipinski definition) is 1. The molecule has 0 radical (unpaired) electrons. The third kappa shape index (κ3) is 4.64. The first-order valence-corrected chi connectivity index (χ1v) is 6.04.